The number of hydrogen-bond acceptors (Lipinski definition) is 4. The summed E-state index contributed by atoms with van der Waals surface area (Å²) >= 11 is 0. The van der Waals surface area contributed by atoms with Crippen molar-refractivity contribution in [1.29, 1.82) is 0 Å². The van der Waals surface area contributed by atoms with Gasteiger partial charge in [-0.1, -0.05) is 12.1 Å². The highest BCUT2D eigenvalue weighted by Gasteiger charge is 2.18. The van der Waals surface area contributed by atoms with Gasteiger partial charge in [0.05, 0.1) is 13.2 Å². The minimum absolute atomic E-state index is 0. The smallest absolute Gasteiger partial charge is 0.0594 e. The second-order valence-electron chi connectivity index (χ2n) is 5.45. The van der Waals surface area contributed by atoms with Gasteiger partial charge in [0.15, 0.2) is 0 Å². The number of aryl methyl sites for hydroxylation is 1. The summed E-state index contributed by atoms with van der Waals surface area (Å²) in [6.45, 7) is 11.9. The summed E-state index contributed by atoms with van der Waals surface area (Å²) in [5.74, 6) is 0. The van der Waals surface area contributed by atoms with Crippen LogP contribution in [0.5, 0.6) is 0 Å². The van der Waals surface area contributed by atoms with Gasteiger partial charge in [0, 0.05) is 45.0 Å². The predicted molar refractivity (Wildman–Crippen MR) is 98.9 cm³/mol. The number of benzene rings is 1. The summed E-state index contributed by atoms with van der Waals surface area (Å²) < 4.78 is 5.45. The van der Waals surface area contributed by atoms with Crippen LogP contribution in [0.25, 0.3) is 0 Å². The van der Waals surface area contributed by atoms with E-state index in [1.165, 1.54) is 16.8 Å². The summed E-state index contributed by atoms with van der Waals surface area (Å²) in [5.41, 5.74) is 9.59. The number of halogens is 2. The Labute approximate surface area is 146 Å². The fourth-order valence-electron chi connectivity index (χ4n) is 2.67. The Kier molecular flexibility index (Phi) is 10.8. The molecule has 0 saturated carbocycles. The van der Waals surface area contributed by atoms with E-state index in [0.717, 1.165) is 39.3 Å². The molecule has 6 heteroatoms. The van der Waals surface area contributed by atoms with E-state index in [4.69, 9.17) is 10.5 Å². The SMILES string of the molecule is Cc1cccc(N2CCN(CCOCCN)CC2)c1C.Cl.Cl. The molecule has 128 valence electrons. The van der Waals surface area contributed by atoms with Crippen LogP contribution >= 0.6 is 24.8 Å². The molecule has 1 aliphatic heterocycles. The molecular formula is C16H29Cl2N3O. The second-order valence-corrected chi connectivity index (χ2v) is 5.45. The monoisotopic (exact) mass is 349 g/mol. The molecule has 0 radical (unpaired) electrons. The number of nitrogens with zero attached hydrogens (tertiary/aromatic N) is 2. The van der Waals surface area contributed by atoms with Crippen molar-refractivity contribution in [3.63, 3.8) is 0 Å². The van der Waals surface area contributed by atoms with Crippen molar-refractivity contribution < 1.29 is 4.74 Å². The van der Waals surface area contributed by atoms with E-state index >= 15 is 0 Å². The third-order valence-corrected chi connectivity index (χ3v) is 4.10. The fourth-order valence-corrected chi connectivity index (χ4v) is 2.67. The lowest BCUT2D eigenvalue weighted by Gasteiger charge is -2.37. The van der Waals surface area contributed by atoms with E-state index in [1.54, 1.807) is 0 Å². The minimum Gasteiger partial charge on any atom is -0.379 e. The van der Waals surface area contributed by atoms with Gasteiger partial charge >= 0.3 is 0 Å². The molecule has 2 rings (SSSR count). The largest absolute Gasteiger partial charge is 0.379 e. The molecule has 1 aromatic rings. The minimum atomic E-state index is 0. The molecule has 22 heavy (non-hydrogen) atoms. The predicted octanol–water partition coefficient (Wildman–Crippen LogP) is 2.24. The highest BCUT2D eigenvalue weighted by molar-refractivity contribution is 5.85. The van der Waals surface area contributed by atoms with Gasteiger partial charge in [0.2, 0.25) is 0 Å². The molecule has 1 aromatic carbocycles. The maximum atomic E-state index is 5.45. The molecule has 1 aliphatic rings. The van der Waals surface area contributed by atoms with Crippen LogP contribution in [0.2, 0.25) is 0 Å². The zero-order valence-electron chi connectivity index (χ0n) is 13.6. The van der Waals surface area contributed by atoms with Crippen molar-refractivity contribution >= 4 is 30.5 Å². The molecule has 0 spiro atoms. The first-order chi connectivity index (χ1) is 9.72. The van der Waals surface area contributed by atoms with E-state index in [9.17, 15) is 0 Å². The molecule has 0 bridgehead atoms. The number of rotatable bonds is 6. The van der Waals surface area contributed by atoms with Gasteiger partial charge in [-0.2, -0.15) is 0 Å². The van der Waals surface area contributed by atoms with Crippen LogP contribution in [-0.4, -0.2) is 57.4 Å². The molecule has 1 saturated heterocycles. The normalized spacial score (nSPS) is 15.1. The third-order valence-electron chi connectivity index (χ3n) is 4.10. The molecule has 4 nitrogen and oxygen atoms in total. The first-order valence-corrected chi connectivity index (χ1v) is 7.53. The lowest BCUT2D eigenvalue weighted by atomic mass is 10.1. The van der Waals surface area contributed by atoms with E-state index in [0.29, 0.717) is 13.2 Å². The van der Waals surface area contributed by atoms with Crippen molar-refractivity contribution in [2.24, 2.45) is 5.73 Å². The van der Waals surface area contributed by atoms with Gasteiger partial charge in [0.1, 0.15) is 0 Å². The van der Waals surface area contributed by atoms with Crippen LogP contribution < -0.4 is 10.6 Å². The van der Waals surface area contributed by atoms with Crippen LogP contribution in [0.15, 0.2) is 18.2 Å². The Morgan fingerprint density at radius 2 is 1.73 bits per heavy atom. The number of hydrogen-bond donors (Lipinski definition) is 1. The summed E-state index contributed by atoms with van der Waals surface area (Å²) in [7, 11) is 0. The first kappa shape index (κ1) is 21.5. The van der Waals surface area contributed by atoms with Crippen LogP contribution in [0, 0.1) is 13.8 Å². The van der Waals surface area contributed by atoms with Crippen molar-refractivity contribution in [2.45, 2.75) is 13.8 Å². The number of piperazine rings is 1. The van der Waals surface area contributed by atoms with Crippen LogP contribution in [0.1, 0.15) is 11.1 Å². The fraction of sp³-hybridized carbons (Fsp3) is 0.625. The molecule has 0 amide bonds. The Hall–Kier alpha value is -0.520. The van der Waals surface area contributed by atoms with Gasteiger partial charge in [-0.3, -0.25) is 4.90 Å². The lowest BCUT2D eigenvalue weighted by Crippen LogP contribution is -2.47. The summed E-state index contributed by atoms with van der Waals surface area (Å²) in [5, 5.41) is 0. The summed E-state index contributed by atoms with van der Waals surface area (Å²) in [6.07, 6.45) is 0. The molecule has 0 unspecified atom stereocenters. The molecule has 1 fully saturated rings. The van der Waals surface area contributed by atoms with Crippen molar-refractivity contribution in [1.82, 2.24) is 4.90 Å². The van der Waals surface area contributed by atoms with Gasteiger partial charge < -0.3 is 15.4 Å². The zero-order chi connectivity index (χ0) is 14.4. The molecular weight excluding hydrogens is 321 g/mol. The Morgan fingerprint density at radius 3 is 2.36 bits per heavy atom. The van der Waals surface area contributed by atoms with Gasteiger partial charge in [-0.25, -0.2) is 0 Å². The lowest BCUT2D eigenvalue weighted by molar-refractivity contribution is 0.107. The highest BCUT2D eigenvalue weighted by Crippen LogP contribution is 2.23. The highest BCUT2D eigenvalue weighted by atomic mass is 35.5. The van der Waals surface area contributed by atoms with Gasteiger partial charge in [-0.05, 0) is 31.0 Å². The quantitative estimate of drug-likeness (QED) is 0.799. The van der Waals surface area contributed by atoms with E-state index < -0.39 is 0 Å². The van der Waals surface area contributed by atoms with Crippen molar-refractivity contribution in [2.75, 3.05) is 57.4 Å². The van der Waals surface area contributed by atoms with Gasteiger partial charge in [-0.15, -0.1) is 24.8 Å². The Bertz CT molecular complexity index is 424. The summed E-state index contributed by atoms with van der Waals surface area (Å²) in [6, 6.07) is 6.58. The molecule has 0 aromatic heterocycles. The number of nitrogens with two attached hydrogens (primary N) is 1. The maximum Gasteiger partial charge on any atom is 0.0594 e. The third kappa shape index (κ3) is 5.94. The Morgan fingerprint density at radius 1 is 1.05 bits per heavy atom. The van der Waals surface area contributed by atoms with Crippen molar-refractivity contribution in [3.8, 4) is 0 Å². The summed E-state index contributed by atoms with van der Waals surface area (Å²) in [4.78, 5) is 4.97. The first-order valence-electron chi connectivity index (χ1n) is 7.53. The van der Waals surface area contributed by atoms with E-state index in [1.807, 2.05) is 0 Å². The van der Waals surface area contributed by atoms with E-state index in [2.05, 4.69) is 41.8 Å². The number of anilines is 1. The van der Waals surface area contributed by atoms with Crippen molar-refractivity contribution in [3.05, 3.63) is 29.3 Å². The molecule has 2 N–H and O–H groups in total. The number of ether oxygens (including phenoxy) is 1. The zero-order valence-corrected chi connectivity index (χ0v) is 15.2. The van der Waals surface area contributed by atoms with Crippen LogP contribution in [0.3, 0.4) is 0 Å². The van der Waals surface area contributed by atoms with E-state index in [-0.39, 0.29) is 24.8 Å². The standard InChI is InChI=1S/C16H27N3O.2ClH/c1-14-4-3-5-16(15(14)2)19-9-7-18(8-10-19)11-13-20-12-6-17;;/h3-5H,6-13,17H2,1-2H3;2*1H. The second kappa shape index (κ2) is 11.1. The molecule has 0 aliphatic carbocycles. The van der Waals surface area contributed by atoms with Gasteiger partial charge in [0.25, 0.3) is 0 Å². The Balaban J connectivity index is 0.00000220. The van der Waals surface area contributed by atoms with Crippen LogP contribution in [0.4, 0.5) is 5.69 Å². The molecule has 1 heterocycles. The molecule has 0 atom stereocenters. The average molecular weight is 350 g/mol. The topological polar surface area (TPSA) is 41.7 Å². The van der Waals surface area contributed by atoms with Crippen LogP contribution in [-0.2, 0) is 4.74 Å². The average Bonchev–Trinajstić information content (AvgIpc) is 2.47. The maximum absolute atomic E-state index is 5.45.